The third-order valence-corrected chi connectivity index (χ3v) is 2.12. The van der Waals surface area contributed by atoms with E-state index in [0.717, 1.165) is 29.9 Å². The van der Waals surface area contributed by atoms with Crippen molar-refractivity contribution in [3.8, 4) is 23.3 Å². The smallest absolute Gasteiger partial charge is 0.162 e. The molecule has 0 unspecified atom stereocenters. The molecule has 1 aromatic rings. The molecule has 0 bridgehead atoms. The van der Waals surface area contributed by atoms with Crippen molar-refractivity contribution in [1.29, 1.82) is 0 Å². The fourth-order valence-corrected chi connectivity index (χ4v) is 1.28. The van der Waals surface area contributed by atoms with Crippen molar-refractivity contribution in [3.05, 3.63) is 30.7 Å². The summed E-state index contributed by atoms with van der Waals surface area (Å²) in [6.07, 6.45) is 1.59. The van der Waals surface area contributed by atoms with Gasteiger partial charge in [0.05, 0.1) is 7.11 Å². The third kappa shape index (κ3) is 3.51. The summed E-state index contributed by atoms with van der Waals surface area (Å²) in [5, 5.41) is 0. The summed E-state index contributed by atoms with van der Waals surface area (Å²) in [7, 11) is 1.63. The van der Waals surface area contributed by atoms with Crippen molar-refractivity contribution in [2.24, 2.45) is 0 Å². The van der Waals surface area contributed by atoms with Gasteiger partial charge in [0.25, 0.3) is 0 Å². The summed E-state index contributed by atoms with van der Waals surface area (Å²) in [5.41, 5.74) is 1.13. The van der Waals surface area contributed by atoms with Crippen LogP contribution in [-0.2, 0) is 6.42 Å². The Morgan fingerprint density at radius 2 is 2.06 bits per heavy atom. The second-order valence-corrected chi connectivity index (χ2v) is 3.23. The molecule has 0 aliphatic rings. The fraction of sp³-hybridized carbons (Fsp3) is 0.357. The molecule has 2 nitrogen and oxygen atoms in total. The molecule has 0 saturated heterocycles. The Morgan fingerprint density at radius 3 is 2.69 bits per heavy atom. The molecule has 16 heavy (non-hydrogen) atoms. The molecule has 2 heteroatoms. The van der Waals surface area contributed by atoms with E-state index in [1.54, 1.807) is 7.11 Å². The van der Waals surface area contributed by atoms with Gasteiger partial charge in [0, 0.05) is 6.42 Å². The predicted octanol–water partition coefficient (Wildman–Crippen LogP) is 2.86. The monoisotopic (exact) mass is 217 g/mol. The van der Waals surface area contributed by atoms with Crippen molar-refractivity contribution >= 4 is 0 Å². The molecule has 0 atom stereocenters. The molecule has 1 rings (SSSR count). The average Bonchev–Trinajstić information content (AvgIpc) is 2.34. The SMILES string of the molecule is [CH2]Cc1ccc(OCC#CCC)c(OC)c1. The molecular weight excluding hydrogens is 200 g/mol. The van der Waals surface area contributed by atoms with Gasteiger partial charge in [0.15, 0.2) is 11.5 Å². The summed E-state index contributed by atoms with van der Waals surface area (Å²) in [4.78, 5) is 0. The van der Waals surface area contributed by atoms with Gasteiger partial charge in [-0.1, -0.05) is 18.9 Å². The minimum absolute atomic E-state index is 0.397. The number of benzene rings is 1. The first-order valence-corrected chi connectivity index (χ1v) is 5.36. The van der Waals surface area contributed by atoms with Crippen molar-refractivity contribution in [1.82, 2.24) is 0 Å². The van der Waals surface area contributed by atoms with Crippen molar-refractivity contribution in [2.45, 2.75) is 19.8 Å². The second-order valence-electron chi connectivity index (χ2n) is 3.23. The summed E-state index contributed by atoms with van der Waals surface area (Å²) in [6.45, 7) is 6.24. The van der Waals surface area contributed by atoms with Gasteiger partial charge in [-0.2, -0.15) is 0 Å². The van der Waals surface area contributed by atoms with Crippen molar-refractivity contribution in [3.63, 3.8) is 0 Å². The molecule has 1 radical (unpaired) electrons. The van der Waals surface area contributed by atoms with Crippen LogP contribution in [0.1, 0.15) is 18.9 Å². The van der Waals surface area contributed by atoms with E-state index in [9.17, 15) is 0 Å². The molecule has 85 valence electrons. The first-order chi connectivity index (χ1) is 7.81. The zero-order valence-electron chi connectivity index (χ0n) is 9.88. The molecule has 0 aromatic heterocycles. The molecule has 1 aromatic carbocycles. The summed E-state index contributed by atoms with van der Waals surface area (Å²) in [6, 6.07) is 5.82. The predicted molar refractivity (Wildman–Crippen MR) is 65.6 cm³/mol. The maximum Gasteiger partial charge on any atom is 0.162 e. The second kappa shape index (κ2) is 6.79. The number of methoxy groups -OCH3 is 1. The molecule has 0 aliphatic carbocycles. The number of hydrogen-bond acceptors (Lipinski definition) is 2. The lowest BCUT2D eigenvalue weighted by atomic mass is 10.1. The van der Waals surface area contributed by atoms with E-state index < -0.39 is 0 Å². The Kier molecular flexibility index (Phi) is 5.28. The van der Waals surface area contributed by atoms with Gasteiger partial charge in [-0.3, -0.25) is 0 Å². The van der Waals surface area contributed by atoms with Gasteiger partial charge in [-0.05, 0) is 31.0 Å². The maximum absolute atomic E-state index is 5.51. The van der Waals surface area contributed by atoms with Gasteiger partial charge in [0.2, 0.25) is 0 Å². The highest BCUT2D eigenvalue weighted by molar-refractivity contribution is 5.43. The zero-order valence-corrected chi connectivity index (χ0v) is 9.88. The summed E-state index contributed by atoms with van der Waals surface area (Å²) < 4.78 is 10.8. The first kappa shape index (κ1) is 12.4. The molecule has 0 spiro atoms. The fourth-order valence-electron chi connectivity index (χ4n) is 1.28. The highest BCUT2D eigenvalue weighted by Gasteiger charge is 2.03. The van der Waals surface area contributed by atoms with Crippen LogP contribution in [0.4, 0.5) is 0 Å². The number of rotatable bonds is 4. The number of hydrogen-bond donors (Lipinski definition) is 0. The van der Waals surface area contributed by atoms with Crippen LogP contribution in [0.2, 0.25) is 0 Å². The minimum Gasteiger partial charge on any atom is -0.493 e. The number of ether oxygens (including phenoxy) is 2. The molecule has 0 heterocycles. The molecule has 0 aliphatic heterocycles. The lowest BCUT2D eigenvalue weighted by molar-refractivity contribution is 0.330. The zero-order chi connectivity index (χ0) is 11.8. The molecular formula is C14H17O2. The van der Waals surface area contributed by atoms with Gasteiger partial charge in [-0.25, -0.2) is 0 Å². The summed E-state index contributed by atoms with van der Waals surface area (Å²) in [5.74, 6) is 7.34. The van der Waals surface area contributed by atoms with Crippen molar-refractivity contribution < 1.29 is 9.47 Å². The highest BCUT2D eigenvalue weighted by Crippen LogP contribution is 2.27. The third-order valence-electron chi connectivity index (χ3n) is 2.12. The van der Waals surface area contributed by atoms with E-state index in [0.29, 0.717) is 6.61 Å². The Balaban J connectivity index is 2.71. The molecule has 0 amide bonds. The van der Waals surface area contributed by atoms with Crippen LogP contribution in [0.3, 0.4) is 0 Å². The Labute approximate surface area is 97.6 Å². The van der Waals surface area contributed by atoms with Gasteiger partial charge < -0.3 is 9.47 Å². The van der Waals surface area contributed by atoms with Crippen LogP contribution in [0.5, 0.6) is 11.5 Å². The van der Waals surface area contributed by atoms with E-state index in [1.165, 1.54) is 0 Å². The van der Waals surface area contributed by atoms with Crippen LogP contribution in [0.15, 0.2) is 18.2 Å². The molecule has 0 N–H and O–H groups in total. The Hall–Kier alpha value is -1.62. The van der Waals surface area contributed by atoms with Gasteiger partial charge >= 0.3 is 0 Å². The van der Waals surface area contributed by atoms with E-state index in [2.05, 4.69) is 18.8 Å². The van der Waals surface area contributed by atoms with E-state index >= 15 is 0 Å². The lowest BCUT2D eigenvalue weighted by Gasteiger charge is -2.09. The topological polar surface area (TPSA) is 18.5 Å². The average molecular weight is 217 g/mol. The van der Waals surface area contributed by atoms with Crippen LogP contribution < -0.4 is 9.47 Å². The largest absolute Gasteiger partial charge is 0.493 e. The van der Waals surface area contributed by atoms with Crippen LogP contribution in [0.25, 0.3) is 0 Å². The first-order valence-electron chi connectivity index (χ1n) is 5.36. The van der Waals surface area contributed by atoms with Gasteiger partial charge in [0.1, 0.15) is 6.61 Å². The molecule has 0 saturated carbocycles. The Bertz CT molecular complexity index is 385. The maximum atomic E-state index is 5.51. The minimum atomic E-state index is 0.397. The van der Waals surface area contributed by atoms with Crippen molar-refractivity contribution in [2.75, 3.05) is 13.7 Å². The standard InChI is InChI=1S/C14H17O2/c1-4-6-7-10-16-13-9-8-12(5-2)11-14(13)15-3/h8-9,11H,2,4-5,10H2,1,3H3. The summed E-state index contributed by atoms with van der Waals surface area (Å²) >= 11 is 0. The van der Waals surface area contributed by atoms with Gasteiger partial charge in [-0.15, -0.1) is 5.92 Å². The van der Waals surface area contributed by atoms with E-state index in [1.807, 2.05) is 25.1 Å². The lowest BCUT2D eigenvalue weighted by Crippen LogP contribution is -1.97. The van der Waals surface area contributed by atoms with Crippen LogP contribution >= 0.6 is 0 Å². The quantitative estimate of drug-likeness (QED) is 0.722. The Morgan fingerprint density at radius 1 is 1.25 bits per heavy atom. The van der Waals surface area contributed by atoms with Crippen LogP contribution in [0, 0.1) is 18.8 Å². The normalized spacial score (nSPS) is 9.19. The van der Waals surface area contributed by atoms with E-state index in [4.69, 9.17) is 9.47 Å². The van der Waals surface area contributed by atoms with E-state index in [-0.39, 0.29) is 0 Å². The molecule has 0 fully saturated rings. The highest BCUT2D eigenvalue weighted by atomic mass is 16.5. The van der Waals surface area contributed by atoms with Crippen LogP contribution in [-0.4, -0.2) is 13.7 Å².